The molecule has 0 saturated carbocycles. The Morgan fingerprint density at radius 3 is 2.28 bits per heavy atom. The van der Waals surface area contributed by atoms with E-state index in [1.54, 1.807) is 20.3 Å². The van der Waals surface area contributed by atoms with Gasteiger partial charge in [0.05, 0.1) is 14.2 Å². The van der Waals surface area contributed by atoms with Gasteiger partial charge >= 0.3 is 0 Å². The van der Waals surface area contributed by atoms with Gasteiger partial charge in [-0.1, -0.05) is 0 Å². The van der Waals surface area contributed by atoms with Crippen LogP contribution < -0.4 is 9.47 Å². The maximum absolute atomic E-state index is 13.9. The number of phenols is 1. The number of methoxy groups -OCH3 is 2. The van der Waals surface area contributed by atoms with Crippen LogP contribution in [0.25, 0.3) is 20.5 Å². The van der Waals surface area contributed by atoms with Crippen LogP contribution in [0, 0.1) is 5.82 Å². The molecule has 0 unspecified atom stereocenters. The number of thiophene rings is 1. The summed E-state index contributed by atoms with van der Waals surface area (Å²) in [4.78, 5) is 14.1. The zero-order valence-corrected chi connectivity index (χ0v) is 16.5. The lowest BCUT2D eigenvalue weighted by Crippen LogP contribution is -2.02. The summed E-state index contributed by atoms with van der Waals surface area (Å²) >= 11 is 1.47. The Labute approximate surface area is 170 Å². The van der Waals surface area contributed by atoms with Crippen molar-refractivity contribution in [3.05, 3.63) is 77.6 Å². The Bertz CT molecular complexity index is 1210. The van der Waals surface area contributed by atoms with E-state index in [1.807, 2.05) is 36.4 Å². The number of carbonyl (C=O) groups excluding carboxylic acids is 1. The molecule has 29 heavy (non-hydrogen) atoms. The molecular formula is C23H17FO4S. The summed E-state index contributed by atoms with van der Waals surface area (Å²) in [5.74, 6) is -0.231. The topological polar surface area (TPSA) is 55.8 Å². The molecule has 4 aromatic rings. The first kappa shape index (κ1) is 19.0. The first-order valence-electron chi connectivity index (χ1n) is 8.80. The van der Waals surface area contributed by atoms with Gasteiger partial charge in [0.2, 0.25) is 0 Å². The van der Waals surface area contributed by atoms with Gasteiger partial charge in [0.1, 0.15) is 11.5 Å². The number of rotatable bonds is 5. The molecule has 4 nitrogen and oxygen atoms in total. The van der Waals surface area contributed by atoms with Crippen LogP contribution in [0.5, 0.6) is 17.2 Å². The Morgan fingerprint density at radius 1 is 0.931 bits per heavy atom. The molecule has 0 fully saturated rings. The number of hydrogen-bond acceptors (Lipinski definition) is 5. The monoisotopic (exact) mass is 408 g/mol. The molecule has 1 N–H and O–H groups in total. The Morgan fingerprint density at radius 2 is 1.62 bits per heavy atom. The van der Waals surface area contributed by atoms with E-state index in [0.717, 1.165) is 26.6 Å². The highest BCUT2D eigenvalue weighted by Crippen LogP contribution is 2.41. The number of phenolic OH excluding ortho intramolecular Hbond substituents is 1. The van der Waals surface area contributed by atoms with Crippen molar-refractivity contribution in [3.63, 3.8) is 0 Å². The number of ether oxygens (including phenoxy) is 2. The normalized spacial score (nSPS) is 10.9. The van der Waals surface area contributed by atoms with Crippen LogP contribution in [-0.2, 0) is 0 Å². The van der Waals surface area contributed by atoms with Gasteiger partial charge in [-0.25, -0.2) is 4.39 Å². The van der Waals surface area contributed by atoms with Gasteiger partial charge in [-0.3, -0.25) is 4.79 Å². The highest BCUT2D eigenvalue weighted by Gasteiger charge is 2.22. The average Bonchev–Trinajstić information content (AvgIpc) is 3.13. The number of hydrogen-bond donors (Lipinski definition) is 1. The van der Waals surface area contributed by atoms with Crippen LogP contribution in [0.3, 0.4) is 0 Å². The standard InChI is InChI=1S/C23H17FO4S/c1-27-15-6-3-13(4-7-15)23-21(17-9-8-16(28-2)12-20(17)29-23)22(26)14-5-10-19(25)18(24)11-14/h3-12,25H,1-2H3. The fourth-order valence-corrected chi connectivity index (χ4v) is 4.40. The van der Waals surface area contributed by atoms with Crippen molar-refractivity contribution in [2.45, 2.75) is 0 Å². The van der Waals surface area contributed by atoms with Gasteiger partial charge in [-0.2, -0.15) is 0 Å². The lowest BCUT2D eigenvalue weighted by Gasteiger charge is -2.07. The van der Waals surface area contributed by atoms with E-state index in [-0.39, 0.29) is 11.3 Å². The molecule has 0 saturated heterocycles. The molecular weight excluding hydrogens is 391 g/mol. The Kier molecular flexibility index (Phi) is 4.94. The first-order chi connectivity index (χ1) is 14.0. The third-order valence-electron chi connectivity index (χ3n) is 4.69. The van der Waals surface area contributed by atoms with Gasteiger partial charge < -0.3 is 14.6 Å². The highest BCUT2D eigenvalue weighted by molar-refractivity contribution is 7.22. The number of aromatic hydroxyl groups is 1. The zero-order valence-electron chi connectivity index (χ0n) is 15.7. The molecule has 0 aliphatic heterocycles. The first-order valence-corrected chi connectivity index (χ1v) is 9.61. The number of carbonyl (C=O) groups is 1. The van der Waals surface area contributed by atoms with E-state index in [9.17, 15) is 14.3 Å². The maximum Gasteiger partial charge on any atom is 0.195 e. The number of fused-ring (bicyclic) bond motifs is 1. The highest BCUT2D eigenvalue weighted by atomic mass is 32.1. The second-order valence-electron chi connectivity index (χ2n) is 6.39. The molecule has 6 heteroatoms. The van der Waals surface area contributed by atoms with Crippen LogP contribution in [0.15, 0.2) is 60.7 Å². The van der Waals surface area contributed by atoms with E-state index in [1.165, 1.54) is 23.5 Å². The van der Waals surface area contributed by atoms with Crippen molar-refractivity contribution in [2.24, 2.45) is 0 Å². The number of halogens is 1. The molecule has 3 aromatic carbocycles. The quantitative estimate of drug-likeness (QED) is 0.433. The Hall–Kier alpha value is -3.38. The largest absolute Gasteiger partial charge is 0.505 e. The predicted molar refractivity (Wildman–Crippen MR) is 112 cm³/mol. The summed E-state index contributed by atoms with van der Waals surface area (Å²) in [6.07, 6.45) is 0. The summed E-state index contributed by atoms with van der Waals surface area (Å²) in [6, 6.07) is 16.6. The predicted octanol–water partition coefficient (Wildman–Crippen LogP) is 5.66. The van der Waals surface area contributed by atoms with Crippen molar-refractivity contribution in [3.8, 4) is 27.7 Å². The van der Waals surface area contributed by atoms with Crippen molar-refractivity contribution in [2.75, 3.05) is 14.2 Å². The molecule has 0 bridgehead atoms. The SMILES string of the molecule is COc1ccc(-c2sc3cc(OC)ccc3c2C(=O)c2ccc(O)c(F)c2)cc1. The van der Waals surface area contributed by atoms with E-state index in [4.69, 9.17) is 9.47 Å². The minimum absolute atomic E-state index is 0.172. The molecule has 146 valence electrons. The third kappa shape index (κ3) is 3.43. The summed E-state index contributed by atoms with van der Waals surface area (Å²) in [5, 5.41) is 10.2. The maximum atomic E-state index is 13.9. The van der Waals surface area contributed by atoms with Crippen LogP contribution >= 0.6 is 11.3 Å². The molecule has 0 amide bonds. The molecule has 0 aliphatic carbocycles. The minimum Gasteiger partial charge on any atom is -0.505 e. The minimum atomic E-state index is -0.831. The summed E-state index contributed by atoms with van der Waals surface area (Å²) in [5.41, 5.74) is 1.52. The molecule has 0 aliphatic rings. The van der Waals surface area contributed by atoms with E-state index < -0.39 is 11.6 Å². The van der Waals surface area contributed by atoms with Gasteiger partial charge in [-0.05, 0) is 66.2 Å². The van der Waals surface area contributed by atoms with Crippen molar-refractivity contribution in [1.82, 2.24) is 0 Å². The molecule has 0 atom stereocenters. The zero-order chi connectivity index (χ0) is 20.5. The van der Waals surface area contributed by atoms with E-state index in [0.29, 0.717) is 17.1 Å². The molecule has 0 radical (unpaired) electrons. The fourth-order valence-electron chi connectivity index (χ4n) is 3.17. The molecule has 1 aromatic heterocycles. The van der Waals surface area contributed by atoms with Crippen LogP contribution in [-0.4, -0.2) is 25.1 Å². The van der Waals surface area contributed by atoms with Crippen molar-refractivity contribution >= 4 is 27.2 Å². The van der Waals surface area contributed by atoms with Gasteiger partial charge in [0, 0.05) is 26.1 Å². The second-order valence-corrected chi connectivity index (χ2v) is 7.44. The fraction of sp³-hybridized carbons (Fsp3) is 0.0870. The number of ketones is 1. The smallest absolute Gasteiger partial charge is 0.195 e. The molecule has 4 rings (SSSR count). The molecule has 0 spiro atoms. The number of benzene rings is 3. The molecule has 1 heterocycles. The van der Waals surface area contributed by atoms with Gasteiger partial charge in [0.15, 0.2) is 17.3 Å². The van der Waals surface area contributed by atoms with Crippen LogP contribution in [0.1, 0.15) is 15.9 Å². The Balaban J connectivity index is 1.93. The average molecular weight is 408 g/mol. The second kappa shape index (κ2) is 7.56. The summed E-state index contributed by atoms with van der Waals surface area (Å²) in [7, 11) is 3.18. The van der Waals surface area contributed by atoms with Crippen molar-refractivity contribution in [1.29, 1.82) is 0 Å². The van der Waals surface area contributed by atoms with Crippen molar-refractivity contribution < 1.29 is 23.8 Å². The lowest BCUT2D eigenvalue weighted by atomic mass is 9.97. The van der Waals surface area contributed by atoms with Gasteiger partial charge in [0.25, 0.3) is 0 Å². The van der Waals surface area contributed by atoms with E-state index >= 15 is 0 Å². The van der Waals surface area contributed by atoms with E-state index in [2.05, 4.69) is 0 Å². The van der Waals surface area contributed by atoms with Gasteiger partial charge in [-0.15, -0.1) is 11.3 Å². The van der Waals surface area contributed by atoms with Crippen LogP contribution in [0.2, 0.25) is 0 Å². The third-order valence-corrected chi connectivity index (χ3v) is 5.89. The lowest BCUT2D eigenvalue weighted by molar-refractivity contribution is 0.104. The van der Waals surface area contributed by atoms with Crippen LogP contribution in [0.4, 0.5) is 4.39 Å². The summed E-state index contributed by atoms with van der Waals surface area (Å²) < 4.78 is 25.3. The summed E-state index contributed by atoms with van der Waals surface area (Å²) in [6.45, 7) is 0.